The van der Waals surface area contributed by atoms with Crippen molar-refractivity contribution in [2.45, 2.75) is 24.3 Å². The van der Waals surface area contributed by atoms with Crippen molar-refractivity contribution in [3.05, 3.63) is 93.7 Å². The normalized spacial score (nSPS) is 11.6. The third-order valence-corrected chi connectivity index (χ3v) is 6.82. The standard InChI is InChI=1S/C22H20Cl2N2O4S/c23-19-10-17(11-20(24)13-19)6-8-26(31(29,30)21-5-2-7-25-14-21)15-18-4-1-3-16(9-18)12-22(27)28/h1-5,7,9-11,13-14H,6,8,12,15H2,(H,27,28). The van der Waals surface area contributed by atoms with E-state index < -0.39 is 16.0 Å². The average Bonchev–Trinajstić information content (AvgIpc) is 2.71. The fourth-order valence-corrected chi connectivity index (χ4v) is 5.12. The Bertz CT molecular complexity index is 1150. The molecule has 9 heteroatoms. The van der Waals surface area contributed by atoms with E-state index in [2.05, 4.69) is 4.98 Å². The Morgan fingerprint density at radius 1 is 0.968 bits per heavy atom. The highest BCUT2D eigenvalue weighted by molar-refractivity contribution is 7.89. The van der Waals surface area contributed by atoms with Crippen LogP contribution in [-0.2, 0) is 34.2 Å². The van der Waals surface area contributed by atoms with Gasteiger partial charge in [0.2, 0.25) is 10.0 Å². The van der Waals surface area contributed by atoms with Gasteiger partial charge in [-0.2, -0.15) is 4.31 Å². The molecule has 0 unspecified atom stereocenters. The minimum absolute atomic E-state index is 0.0823. The highest BCUT2D eigenvalue weighted by Crippen LogP contribution is 2.22. The molecule has 162 valence electrons. The van der Waals surface area contributed by atoms with Crippen LogP contribution in [0.1, 0.15) is 16.7 Å². The second-order valence-electron chi connectivity index (χ2n) is 6.95. The third-order valence-electron chi connectivity index (χ3n) is 4.55. The third kappa shape index (κ3) is 6.51. The number of carboxylic acid groups (broad SMARTS) is 1. The molecule has 0 saturated carbocycles. The summed E-state index contributed by atoms with van der Waals surface area (Å²) in [6.45, 7) is 0.260. The number of hydrogen-bond donors (Lipinski definition) is 1. The molecule has 0 atom stereocenters. The van der Waals surface area contributed by atoms with Crippen LogP contribution >= 0.6 is 23.2 Å². The molecule has 2 aromatic carbocycles. The zero-order valence-corrected chi connectivity index (χ0v) is 18.7. The molecule has 3 rings (SSSR count). The molecule has 1 heterocycles. The Kier molecular flexibility index (Phi) is 7.67. The lowest BCUT2D eigenvalue weighted by Gasteiger charge is -2.23. The summed E-state index contributed by atoms with van der Waals surface area (Å²) >= 11 is 12.1. The van der Waals surface area contributed by atoms with E-state index >= 15 is 0 Å². The van der Waals surface area contributed by atoms with Crippen molar-refractivity contribution in [2.75, 3.05) is 6.54 Å². The maximum Gasteiger partial charge on any atom is 0.307 e. The number of aromatic nitrogens is 1. The summed E-state index contributed by atoms with van der Waals surface area (Å²) in [5.74, 6) is -0.949. The van der Waals surface area contributed by atoms with Crippen LogP contribution in [-0.4, -0.2) is 35.3 Å². The zero-order chi connectivity index (χ0) is 22.4. The van der Waals surface area contributed by atoms with E-state index in [-0.39, 0.29) is 24.4 Å². The van der Waals surface area contributed by atoms with Crippen molar-refractivity contribution in [3.63, 3.8) is 0 Å². The summed E-state index contributed by atoms with van der Waals surface area (Å²) in [5.41, 5.74) is 2.10. The van der Waals surface area contributed by atoms with Crippen LogP contribution in [0.3, 0.4) is 0 Å². The largest absolute Gasteiger partial charge is 0.481 e. The maximum atomic E-state index is 13.3. The number of aliphatic carboxylic acids is 1. The Labute approximate surface area is 191 Å². The number of carboxylic acids is 1. The Morgan fingerprint density at radius 3 is 2.32 bits per heavy atom. The van der Waals surface area contributed by atoms with E-state index in [0.717, 1.165) is 5.56 Å². The monoisotopic (exact) mass is 478 g/mol. The second kappa shape index (κ2) is 10.2. The molecule has 0 radical (unpaired) electrons. The molecule has 31 heavy (non-hydrogen) atoms. The van der Waals surface area contributed by atoms with Crippen LogP contribution in [0.25, 0.3) is 0 Å². The van der Waals surface area contributed by atoms with Crippen molar-refractivity contribution < 1.29 is 18.3 Å². The molecule has 0 aliphatic rings. The van der Waals surface area contributed by atoms with Crippen molar-refractivity contribution in [3.8, 4) is 0 Å². The van der Waals surface area contributed by atoms with Gasteiger partial charge in [-0.3, -0.25) is 9.78 Å². The number of nitrogens with zero attached hydrogens (tertiary/aromatic N) is 2. The molecular formula is C22H20Cl2N2O4S. The fraction of sp³-hybridized carbons (Fsp3) is 0.182. The molecule has 0 spiro atoms. The highest BCUT2D eigenvalue weighted by atomic mass is 35.5. The fourth-order valence-electron chi connectivity index (χ4n) is 3.16. The van der Waals surface area contributed by atoms with Crippen LogP contribution < -0.4 is 0 Å². The van der Waals surface area contributed by atoms with E-state index in [1.54, 1.807) is 48.5 Å². The number of halogens is 2. The first-order valence-electron chi connectivity index (χ1n) is 9.39. The first-order chi connectivity index (χ1) is 14.7. The number of rotatable bonds is 9. The summed E-state index contributed by atoms with van der Waals surface area (Å²) < 4.78 is 27.9. The molecule has 1 aromatic heterocycles. The van der Waals surface area contributed by atoms with Crippen molar-refractivity contribution >= 4 is 39.2 Å². The van der Waals surface area contributed by atoms with Gasteiger partial charge in [0.1, 0.15) is 4.90 Å². The Balaban J connectivity index is 1.89. The van der Waals surface area contributed by atoms with Crippen LogP contribution in [0.2, 0.25) is 10.0 Å². The number of carbonyl (C=O) groups is 1. The number of hydrogen-bond acceptors (Lipinski definition) is 4. The summed E-state index contributed by atoms with van der Waals surface area (Å²) in [6.07, 6.45) is 3.07. The average molecular weight is 479 g/mol. The predicted octanol–water partition coefficient (Wildman–Crippen LogP) is 4.45. The number of sulfonamides is 1. The van der Waals surface area contributed by atoms with E-state index in [4.69, 9.17) is 28.3 Å². The van der Waals surface area contributed by atoms with Gasteiger partial charge in [-0.15, -0.1) is 0 Å². The minimum atomic E-state index is -3.84. The van der Waals surface area contributed by atoms with Crippen LogP contribution in [0, 0.1) is 0 Å². The predicted molar refractivity (Wildman–Crippen MR) is 120 cm³/mol. The van der Waals surface area contributed by atoms with Crippen LogP contribution in [0.5, 0.6) is 0 Å². The van der Waals surface area contributed by atoms with Gasteiger partial charge in [-0.05, 0) is 53.4 Å². The summed E-state index contributed by atoms with van der Waals surface area (Å²) in [6, 6.07) is 15.1. The molecule has 1 N–H and O–H groups in total. The first kappa shape index (κ1) is 23.2. The zero-order valence-electron chi connectivity index (χ0n) is 16.4. The van der Waals surface area contributed by atoms with E-state index in [1.807, 2.05) is 0 Å². The lowest BCUT2D eigenvalue weighted by Crippen LogP contribution is -2.32. The Hall–Kier alpha value is -2.45. The topological polar surface area (TPSA) is 87.6 Å². The summed E-state index contributed by atoms with van der Waals surface area (Å²) in [5, 5.41) is 9.99. The number of benzene rings is 2. The SMILES string of the molecule is O=C(O)Cc1cccc(CN(CCc2cc(Cl)cc(Cl)c2)S(=O)(=O)c2cccnc2)c1. The van der Waals surface area contributed by atoms with Gasteiger partial charge < -0.3 is 5.11 Å². The molecule has 0 saturated heterocycles. The van der Waals surface area contributed by atoms with Gasteiger partial charge in [0, 0.05) is 35.5 Å². The second-order valence-corrected chi connectivity index (χ2v) is 9.76. The van der Waals surface area contributed by atoms with E-state index in [0.29, 0.717) is 27.6 Å². The molecule has 0 fully saturated rings. The van der Waals surface area contributed by atoms with Gasteiger partial charge in [0.25, 0.3) is 0 Å². The molecule has 0 bridgehead atoms. The van der Waals surface area contributed by atoms with Gasteiger partial charge in [0.15, 0.2) is 0 Å². The van der Waals surface area contributed by atoms with Gasteiger partial charge in [-0.1, -0.05) is 47.5 Å². The van der Waals surface area contributed by atoms with Gasteiger partial charge >= 0.3 is 5.97 Å². The van der Waals surface area contributed by atoms with Gasteiger partial charge in [0.05, 0.1) is 6.42 Å². The highest BCUT2D eigenvalue weighted by Gasteiger charge is 2.25. The van der Waals surface area contributed by atoms with Crippen molar-refractivity contribution in [2.24, 2.45) is 0 Å². The smallest absolute Gasteiger partial charge is 0.307 e. The lowest BCUT2D eigenvalue weighted by molar-refractivity contribution is -0.136. The van der Waals surface area contributed by atoms with Crippen molar-refractivity contribution in [1.82, 2.24) is 9.29 Å². The Morgan fingerprint density at radius 2 is 1.68 bits per heavy atom. The van der Waals surface area contributed by atoms with Crippen molar-refractivity contribution in [1.29, 1.82) is 0 Å². The molecule has 3 aromatic rings. The van der Waals surface area contributed by atoms with Crippen LogP contribution in [0.4, 0.5) is 0 Å². The van der Waals surface area contributed by atoms with E-state index in [9.17, 15) is 13.2 Å². The summed E-state index contributed by atoms with van der Waals surface area (Å²) in [4.78, 5) is 15.0. The first-order valence-corrected chi connectivity index (χ1v) is 11.6. The quantitative estimate of drug-likeness (QED) is 0.490. The number of pyridine rings is 1. The maximum absolute atomic E-state index is 13.3. The van der Waals surface area contributed by atoms with Gasteiger partial charge in [-0.25, -0.2) is 8.42 Å². The molecule has 0 aliphatic heterocycles. The molecule has 0 amide bonds. The minimum Gasteiger partial charge on any atom is -0.481 e. The lowest BCUT2D eigenvalue weighted by atomic mass is 10.1. The van der Waals surface area contributed by atoms with E-state index in [1.165, 1.54) is 22.8 Å². The molecule has 0 aliphatic carbocycles. The van der Waals surface area contributed by atoms with Crippen LogP contribution in [0.15, 0.2) is 71.9 Å². The summed E-state index contributed by atoms with van der Waals surface area (Å²) in [7, 11) is -3.84. The molecular weight excluding hydrogens is 459 g/mol. The molecule has 6 nitrogen and oxygen atoms in total.